The van der Waals surface area contributed by atoms with Gasteiger partial charge >= 0.3 is 0 Å². The van der Waals surface area contributed by atoms with Crippen molar-refractivity contribution in [1.82, 2.24) is 14.0 Å². The van der Waals surface area contributed by atoms with E-state index in [9.17, 15) is 9.18 Å². The van der Waals surface area contributed by atoms with Gasteiger partial charge in [-0.15, -0.1) is 0 Å². The summed E-state index contributed by atoms with van der Waals surface area (Å²) in [7, 11) is 1.61. The predicted octanol–water partition coefficient (Wildman–Crippen LogP) is 3.07. The largest absolute Gasteiger partial charge is 0.497 e. The van der Waals surface area contributed by atoms with Gasteiger partial charge in [-0.3, -0.25) is 9.20 Å². The standard InChI is InChI=1S/C18H20FN3O2/c1-12-10-22-15(9-20-17(22)18(2,3)19)16(23)21(12)11-13-5-7-14(24-4)8-6-13/h5-10H,11H2,1-4H3. The summed E-state index contributed by atoms with van der Waals surface area (Å²) < 4.78 is 22.6. The fraction of sp³-hybridized carbons (Fsp3) is 0.333. The molecule has 2 heterocycles. The van der Waals surface area contributed by atoms with Gasteiger partial charge in [-0.25, -0.2) is 9.37 Å². The zero-order valence-corrected chi connectivity index (χ0v) is 14.2. The van der Waals surface area contributed by atoms with Gasteiger partial charge in [-0.1, -0.05) is 12.1 Å². The molecule has 0 radical (unpaired) electrons. The van der Waals surface area contributed by atoms with Crippen LogP contribution in [0.3, 0.4) is 0 Å². The number of halogens is 1. The molecule has 2 aromatic heterocycles. The van der Waals surface area contributed by atoms with Gasteiger partial charge in [0.1, 0.15) is 11.3 Å². The highest BCUT2D eigenvalue weighted by molar-refractivity contribution is 5.45. The van der Waals surface area contributed by atoms with Crippen molar-refractivity contribution in [2.24, 2.45) is 0 Å². The maximum atomic E-state index is 14.3. The molecule has 24 heavy (non-hydrogen) atoms. The average molecular weight is 329 g/mol. The lowest BCUT2D eigenvalue weighted by Gasteiger charge is -2.15. The maximum absolute atomic E-state index is 14.3. The summed E-state index contributed by atoms with van der Waals surface area (Å²) in [5.41, 5.74) is 0.291. The average Bonchev–Trinajstić information content (AvgIpc) is 2.96. The Hall–Kier alpha value is -2.63. The number of rotatable bonds is 4. The Balaban J connectivity index is 2.07. The van der Waals surface area contributed by atoms with E-state index >= 15 is 0 Å². The van der Waals surface area contributed by atoms with Gasteiger partial charge in [0.2, 0.25) is 0 Å². The number of ether oxygens (including phenoxy) is 1. The molecule has 126 valence electrons. The van der Waals surface area contributed by atoms with E-state index in [0.29, 0.717) is 12.1 Å². The van der Waals surface area contributed by atoms with Crippen molar-refractivity contribution in [2.45, 2.75) is 33.0 Å². The third kappa shape index (κ3) is 2.79. The molecular weight excluding hydrogens is 309 g/mol. The quantitative estimate of drug-likeness (QED) is 0.739. The van der Waals surface area contributed by atoms with Crippen LogP contribution in [0.25, 0.3) is 5.52 Å². The van der Waals surface area contributed by atoms with E-state index in [2.05, 4.69) is 4.98 Å². The molecule has 0 saturated heterocycles. The van der Waals surface area contributed by atoms with Crippen LogP contribution in [0.2, 0.25) is 0 Å². The van der Waals surface area contributed by atoms with E-state index in [-0.39, 0.29) is 11.4 Å². The van der Waals surface area contributed by atoms with Gasteiger partial charge in [-0.05, 0) is 38.5 Å². The van der Waals surface area contributed by atoms with Gasteiger partial charge in [-0.2, -0.15) is 0 Å². The summed E-state index contributed by atoms with van der Waals surface area (Å²) in [6.07, 6.45) is 3.19. The fourth-order valence-corrected chi connectivity index (χ4v) is 2.75. The Labute approximate surface area is 139 Å². The van der Waals surface area contributed by atoms with Crippen molar-refractivity contribution >= 4 is 5.52 Å². The number of hydrogen-bond donors (Lipinski definition) is 0. The Morgan fingerprint density at radius 1 is 1.25 bits per heavy atom. The lowest BCUT2D eigenvalue weighted by Crippen LogP contribution is -2.26. The second-order valence-electron chi connectivity index (χ2n) is 6.32. The summed E-state index contributed by atoms with van der Waals surface area (Å²) >= 11 is 0. The summed E-state index contributed by atoms with van der Waals surface area (Å²) in [5.74, 6) is 0.998. The van der Waals surface area contributed by atoms with Crippen LogP contribution in [0.1, 0.15) is 30.9 Å². The molecule has 3 rings (SSSR count). The predicted molar refractivity (Wildman–Crippen MR) is 90.4 cm³/mol. The topological polar surface area (TPSA) is 48.5 Å². The van der Waals surface area contributed by atoms with Crippen molar-refractivity contribution in [3.05, 3.63) is 64.1 Å². The van der Waals surface area contributed by atoms with Gasteiger partial charge in [0, 0.05) is 11.9 Å². The molecule has 0 unspecified atom stereocenters. The lowest BCUT2D eigenvalue weighted by molar-refractivity contribution is 0.205. The Kier molecular flexibility index (Phi) is 3.91. The first-order valence-electron chi connectivity index (χ1n) is 7.71. The molecule has 0 fully saturated rings. The van der Waals surface area contributed by atoms with Crippen molar-refractivity contribution in [2.75, 3.05) is 7.11 Å². The molecule has 0 spiro atoms. The van der Waals surface area contributed by atoms with Crippen molar-refractivity contribution in [1.29, 1.82) is 0 Å². The smallest absolute Gasteiger partial charge is 0.276 e. The number of imidazole rings is 1. The number of hydrogen-bond acceptors (Lipinski definition) is 3. The molecular formula is C18H20FN3O2. The minimum absolute atomic E-state index is 0.186. The van der Waals surface area contributed by atoms with Crippen molar-refractivity contribution in [3.8, 4) is 5.75 Å². The first-order valence-corrected chi connectivity index (χ1v) is 7.71. The molecule has 0 N–H and O–H groups in total. The van der Waals surface area contributed by atoms with Gasteiger partial charge < -0.3 is 9.30 Å². The van der Waals surface area contributed by atoms with E-state index < -0.39 is 5.67 Å². The number of alkyl halides is 1. The number of fused-ring (bicyclic) bond motifs is 1. The number of aryl methyl sites for hydroxylation is 1. The van der Waals surface area contributed by atoms with Crippen LogP contribution in [0, 0.1) is 6.92 Å². The van der Waals surface area contributed by atoms with Gasteiger partial charge in [0.25, 0.3) is 5.56 Å². The minimum atomic E-state index is -1.62. The summed E-state index contributed by atoms with van der Waals surface area (Å²) in [6.45, 7) is 5.13. The highest BCUT2D eigenvalue weighted by Crippen LogP contribution is 2.23. The molecule has 0 aliphatic carbocycles. The molecule has 0 amide bonds. The minimum Gasteiger partial charge on any atom is -0.497 e. The van der Waals surface area contributed by atoms with Crippen LogP contribution in [0.5, 0.6) is 5.75 Å². The normalized spacial score (nSPS) is 11.9. The molecule has 0 aliphatic heterocycles. The summed E-state index contributed by atoms with van der Waals surface area (Å²) in [5, 5.41) is 0. The van der Waals surface area contributed by atoms with E-state index in [0.717, 1.165) is 17.0 Å². The molecule has 1 aromatic carbocycles. The SMILES string of the molecule is COc1ccc(Cn2c(C)cn3c(C(C)(C)F)ncc3c2=O)cc1. The Morgan fingerprint density at radius 3 is 2.50 bits per heavy atom. The van der Waals surface area contributed by atoms with Crippen LogP contribution in [-0.4, -0.2) is 21.1 Å². The van der Waals surface area contributed by atoms with Crippen molar-refractivity contribution < 1.29 is 9.13 Å². The summed E-state index contributed by atoms with van der Waals surface area (Å²) in [6, 6.07) is 7.55. The van der Waals surface area contributed by atoms with Crippen LogP contribution in [0.4, 0.5) is 4.39 Å². The van der Waals surface area contributed by atoms with E-state index in [4.69, 9.17) is 4.74 Å². The van der Waals surface area contributed by atoms with Crippen LogP contribution >= 0.6 is 0 Å². The Morgan fingerprint density at radius 2 is 1.92 bits per heavy atom. The zero-order chi connectivity index (χ0) is 17.5. The third-order valence-corrected chi connectivity index (χ3v) is 4.03. The fourth-order valence-electron chi connectivity index (χ4n) is 2.75. The second kappa shape index (κ2) is 5.78. The van der Waals surface area contributed by atoms with Gasteiger partial charge in [0.05, 0.1) is 19.9 Å². The van der Waals surface area contributed by atoms with E-state index in [1.807, 2.05) is 31.2 Å². The van der Waals surface area contributed by atoms with Crippen LogP contribution in [0.15, 0.2) is 41.5 Å². The molecule has 0 atom stereocenters. The first-order chi connectivity index (χ1) is 11.3. The molecule has 0 saturated carbocycles. The molecule has 0 bridgehead atoms. The number of nitrogens with zero attached hydrogens (tertiary/aromatic N) is 3. The zero-order valence-electron chi connectivity index (χ0n) is 14.2. The number of benzene rings is 1. The number of methoxy groups -OCH3 is 1. The van der Waals surface area contributed by atoms with Crippen molar-refractivity contribution in [3.63, 3.8) is 0 Å². The maximum Gasteiger partial charge on any atom is 0.276 e. The highest BCUT2D eigenvalue weighted by atomic mass is 19.1. The Bertz CT molecular complexity index is 934. The highest BCUT2D eigenvalue weighted by Gasteiger charge is 2.25. The molecule has 5 nitrogen and oxygen atoms in total. The second-order valence-corrected chi connectivity index (χ2v) is 6.32. The number of aromatic nitrogens is 3. The molecule has 3 aromatic rings. The van der Waals surface area contributed by atoms with Crippen LogP contribution < -0.4 is 10.3 Å². The third-order valence-electron chi connectivity index (χ3n) is 4.03. The summed E-state index contributed by atoms with van der Waals surface area (Å²) in [4.78, 5) is 16.9. The lowest BCUT2D eigenvalue weighted by atomic mass is 10.1. The molecule has 6 heteroatoms. The first kappa shape index (κ1) is 16.2. The van der Waals surface area contributed by atoms with Gasteiger partial charge in [0.15, 0.2) is 11.5 Å². The monoisotopic (exact) mass is 329 g/mol. The van der Waals surface area contributed by atoms with E-state index in [1.54, 1.807) is 22.3 Å². The van der Waals surface area contributed by atoms with E-state index in [1.165, 1.54) is 20.0 Å². The van der Waals surface area contributed by atoms with Crippen LogP contribution in [-0.2, 0) is 12.2 Å². The molecule has 0 aliphatic rings.